The first-order valence-electron chi connectivity index (χ1n) is 10.7. The molecular formula is C24H27F3N2O5. The van der Waals surface area contributed by atoms with Crippen LogP contribution in [-0.4, -0.2) is 55.3 Å². The van der Waals surface area contributed by atoms with Crippen molar-refractivity contribution in [2.45, 2.75) is 38.2 Å². The molecule has 1 atom stereocenters. The Hall–Kier alpha value is -3.27. The summed E-state index contributed by atoms with van der Waals surface area (Å²) in [7, 11) is 1.52. The smallest absolute Gasteiger partial charge is 0.408 e. The lowest BCUT2D eigenvalue weighted by molar-refractivity contribution is -0.121. The van der Waals surface area contributed by atoms with Crippen molar-refractivity contribution >= 4 is 17.7 Å². The molecule has 1 aliphatic rings. The number of benzene rings is 2. The summed E-state index contributed by atoms with van der Waals surface area (Å²) in [5, 5.41) is 12.2. The molecule has 2 aromatic rings. The van der Waals surface area contributed by atoms with Gasteiger partial charge in [0.05, 0.1) is 13.7 Å². The van der Waals surface area contributed by atoms with E-state index in [0.717, 1.165) is 16.5 Å². The fraction of sp³-hybridized carbons (Fsp3) is 0.417. The Morgan fingerprint density at radius 3 is 2.59 bits per heavy atom. The molecule has 0 fully saturated rings. The zero-order valence-corrected chi connectivity index (χ0v) is 19.1. The Labute approximate surface area is 195 Å². The number of hydrogen-bond donors (Lipinski definition) is 2. The van der Waals surface area contributed by atoms with E-state index in [4.69, 9.17) is 9.47 Å². The van der Waals surface area contributed by atoms with Crippen molar-refractivity contribution in [3.63, 3.8) is 0 Å². The van der Waals surface area contributed by atoms with Gasteiger partial charge in [-0.2, -0.15) is 0 Å². The van der Waals surface area contributed by atoms with E-state index < -0.39 is 42.3 Å². The van der Waals surface area contributed by atoms with E-state index in [1.54, 1.807) is 32.0 Å². The quantitative estimate of drug-likeness (QED) is 0.576. The number of alkyl halides is 2. The van der Waals surface area contributed by atoms with Gasteiger partial charge in [0.15, 0.2) is 0 Å². The van der Waals surface area contributed by atoms with Crippen molar-refractivity contribution < 1.29 is 37.3 Å². The summed E-state index contributed by atoms with van der Waals surface area (Å²) in [5.41, 5.74) is 0.817. The van der Waals surface area contributed by atoms with Crippen LogP contribution < -0.4 is 10.1 Å². The number of ether oxygens (including phenoxy) is 2. The van der Waals surface area contributed by atoms with Crippen LogP contribution in [0.4, 0.5) is 23.7 Å². The molecule has 7 nitrogen and oxygen atoms in total. The van der Waals surface area contributed by atoms with E-state index in [1.165, 1.54) is 19.2 Å². The predicted molar refractivity (Wildman–Crippen MR) is 119 cm³/mol. The molecule has 1 aliphatic heterocycles. The molecular weight excluding hydrogens is 453 g/mol. The van der Waals surface area contributed by atoms with Crippen LogP contribution >= 0.6 is 0 Å². The number of anilines is 1. The van der Waals surface area contributed by atoms with Crippen molar-refractivity contribution in [2.75, 3.05) is 32.2 Å². The molecule has 0 saturated carbocycles. The molecule has 184 valence electrons. The van der Waals surface area contributed by atoms with Crippen molar-refractivity contribution in [1.29, 1.82) is 0 Å². The summed E-state index contributed by atoms with van der Waals surface area (Å²) < 4.78 is 49.7. The maximum Gasteiger partial charge on any atom is 0.408 e. The average molecular weight is 480 g/mol. The summed E-state index contributed by atoms with van der Waals surface area (Å²) in [6.07, 6.45) is -3.43. The molecule has 2 amide bonds. The Bertz CT molecular complexity index is 1060. The van der Waals surface area contributed by atoms with Gasteiger partial charge >= 0.3 is 6.09 Å². The number of methoxy groups -OCH3 is 1. The monoisotopic (exact) mass is 480 g/mol. The zero-order valence-electron chi connectivity index (χ0n) is 19.1. The summed E-state index contributed by atoms with van der Waals surface area (Å²) in [6, 6.07) is 8.00. The molecule has 0 bridgehead atoms. The molecule has 34 heavy (non-hydrogen) atoms. The number of nitrogens with zero attached hydrogens (tertiary/aromatic N) is 1. The van der Waals surface area contributed by atoms with E-state index in [2.05, 4.69) is 5.32 Å². The van der Waals surface area contributed by atoms with Crippen molar-refractivity contribution in [3.8, 4) is 5.75 Å². The minimum absolute atomic E-state index is 0.115. The Morgan fingerprint density at radius 1 is 1.24 bits per heavy atom. The molecule has 0 saturated heterocycles. The molecule has 1 unspecified atom stereocenters. The lowest BCUT2D eigenvalue weighted by Crippen LogP contribution is -2.44. The lowest BCUT2D eigenvalue weighted by Gasteiger charge is -2.34. The SMILES string of the molecule is COc1ccc2c(c1)CCN(C(=O)O)C2C(=O)Nc1ccc(C(C)(C)COCC(F)F)c(F)c1. The largest absolute Gasteiger partial charge is 0.497 e. The van der Waals surface area contributed by atoms with Crippen LogP contribution in [0, 0.1) is 5.82 Å². The number of hydrogen-bond acceptors (Lipinski definition) is 4. The van der Waals surface area contributed by atoms with Crippen molar-refractivity contribution in [1.82, 2.24) is 4.90 Å². The van der Waals surface area contributed by atoms with Crippen LogP contribution in [0.1, 0.15) is 36.6 Å². The van der Waals surface area contributed by atoms with E-state index in [9.17, 15) is 27.9 Å². The highest BCUT2D eigenvalue weighted by molar-refractivity contribution is 5.97. The maximum atomic E-state index is 14.9. The van der Waals surface area contributed by atoms with Gasteiger partial charge in [0.25, 0.3) is 12.3 Å². The average Bonchev–Trinajstić information content (AvgIpc) is 2.77. The molecule has 0 radical (unpaired) electrons. The Morgan fingerprint density at radius 2 is 1.97 bits per heavy atom. The van der Waals surface area contributed by atoms with Gasteiger partial charge in [-0.3, -0.25) is 9.69 Å². The predicted octanol–water partition coefficient (Wildman–Crippen LogP) is 4.61. The third-order valence-electron chi connectivity index (χ3n) is 5.74. The molecule has 0 spiro atoms. The summed E-state index contributed by atoms with van der Waals surface area (Å²) in [4.78, 5) is 26.0. The third-order valence-corrected chi connectivity index (χ3v) is 5.74. The number of halogens is 3. The Balaban J connectivity index is 1.82. The number of carbonyl (C=O) groups excluding carboxylic acids is 1. The number of amides is 2. The number of fused-ring (bicyclic) bond motifs is 1. The first-order valence-corrected chi connectivity index (χ1v) is 10.7. The highest BCUT2D eigenvalue weighted by atomic mass is 19.3. The molecule has 1 heterocycles. The third kappa shape index (κ3) is 5.61. The van der Waals surface area contributed by atoms with Crippen LogP contribution in [0.25, 0.3) is 0 Å². The Kier molecular flexibility index (Phi) is 7.71. The van der Waals surface area contributed by atoms with E-state index in [-0.39, 0.29) is 24.4 Å². The zero-order chi connectivity index (χ0) is 25.0. The van der Waals surface area contributed by atoms with E-state index in [0.29, 0.717) is 17.7 Å². The fourth-order valence-corrected chi connectivity index (χ4v) is 4.05. The van der Waals surface area contributed by atoms with Gasteiger partial charge in [0.1, 0.15) is 24.2 Å². The lowest BCUT2D eigenvalue weighted by atomic mass is 9.85. The number of nitrogens with one attached hydrogen (secondary N) is 1. The van der Waals surface area contributed by atoms with Gasteiger partial charge in [0.2, 0.25) is 0 Å². The topological polar surface area (TPSA) is 88.1 Å². The first kappa shape index (κ1) is 25.4. The van der Waals surface area contributed by atoms with Crippen LogP contribution in [0.3, 0.4) is 0 Å². The molecule has 0 aliphatic carbocycles. The van der Waals surface area contributed by atoms with Gasteiger partial charge in [-0.1, -0.05) is 26.0 Å². The van der Waals surface area contributed by atoms with E-state index >= 15 is 0 Å². The van der Waals surface area contributed by atoms with Gasteiger partial charge < -0.3 is 19.9 Å². The molecule has 3 rings (SSSR count). The van der Waals surface area contributed by atoms with Gasteiger partial charge in [-0.05, 0) is 47.4 Å². The second kappa shape index (κ2) is 10.3. The maximum absolute atomic E-state index is 14.9. The van der Waals surface area contributed by atoms with Crippen LogP contribution in [-0.2, 0) is 21.4 Å². The van der Waals surface area contributed by atoms with Crippen LogP contribution in [0.2, 0.25) is 0 Å². The van der Waals surface area contributed by atoms with E-state index in [1.807, 2.05) is 0 Å². The summed E-state index contributed by atoms with van der Waals surface area (Å²) in [5.74, 6) is -0.674. The molecule has 2 aromatic carbocycles. The molecule has 0 aromatic heterocycles. The highest BCUT2D eigenvalue weighted by Gasteiger charge is 2.36. The molecule has 2 N–H and O–H groups in total. The number of carboxylic acid groups (broad SMARTS) is 1. The number of rotatable bonds is 8. The van der Waals surface area contributed by atoms with Crippen LogP contribution in [0.5, 0.6) is 5.75 Å². The fourth-order valence-electron chi connectivity index (χ4n) is 4.05. The molecule has 10 heteroatoms. The van der Waals surface area contributed by atoms with Crippen molar-refractivity contribution in [2.24, 2.45) is 0 Å². The van der Waals surface area contributed by atoms with Gasteiger partial charge in [-0.15, -0.1) is 0 Å². The first-order chi connectivity index (χ1) is 16.0. The minimum atomic E-state index is -2.62. The highest BCUT2D eigenvalue weighted by Crippen LogP contribution is 2.34. The van der Waals surface area contributed by atoms with Crippen LogP contribution in [0.15, 0.2) is 36.4 Å². The number of carbonyl (C=O) groups is 2. The van der Waals surface area contributed by atoms with Gasteiger partial charge in [-0.25, -0.2) is 18.0 Å². The summed E-state index contributed by atoms with van der Waals surface area (Å²) in [6.45, 7) is 2.58. The standard InChI is InChI=1S/C24H27F3N2O5/c1-24(2,13-34-12-20(26)27)18-7-4-15(11-19(18)25)28-22(30)21-17-6-5-16(33-3)10-14(17)8-9-29(21)23(31)32/h4-7,10-11,20-21H,8-9,12-13H2,1-3H3,(H,28,30)(H,31,32). The summed E-state index contributed by atoms with van der Waals surface area (Å²) >= 11 is 0. The second-order valence-electron chi connectivity index (χ2n) is 8.67. The van der Waals surface area contributed by atoms with Crippen molar-refractivity contribution in [3.05, 3.63) is 58.9 Å². The second-order valence-corrected chi connectivity index (χ2v) is 8.67. The normalized spacial score (nSPS) is 15.7. The minimum Gasteiger partial charge on any atom is -0.497 e. The van der Waals surface area contributed by atoms with Gasteiger partial charge in [0, 0.05) is 17.6 Å².